The lowest BCUT2D eigenvalue weighted by molar-refractivity contribution is -0.891. The van der Waals surface area contributed by atoms with Crippen molar-refractivity contribution in [3.63, 3.8) is 0 Å². The van der Waals surface area contributed by atoms with Crippen LogP contribution < -0.4 is 4.90 Å². The van der Waals surface area contributed by atoms with Crippen LogP contribution in [0.2, 0.25) is 0 Å². The van der Waals surface area contributed by atoms with E-state index in [0.29, 0.717) is 12.0 Å². The molecule has 1 saturated heterocycles. The van der Waals surface area contributed by atoms with Crippen LogP contribution >= 0.6 is 0 Å². The van der Waals surface area contributed by atoms with Crippen molar-refractivity contribution in [3.05, 3.63) is 0 Å². The van der Waals surface area contributed by atoms with E-state index in [1.807, 2.05) is 0 Å². The van der Waals surface area contributed by atoms with Crippen LogP contribution in [0.3, 0.4) is 0 Å². The smallest absolute Gasteiger partial charge is 0.362 e. The number of fused-ring (bicyclic) bond motifs is 2. The van der Waals surface area contributed by atoms with Gasteiger partial charge >= 0.3 is 5.97 Å². The average Bonchev–Trinajstić information content (AvgIpc) is 2.69. The molecule has 2 aliphatic carbocycles. The van der Waals surface area contributed by atoms with Crippen LogP contribution in [0.1, 0.15) is 65.7 Å². The van der Waals surface area contributed by atoms with E-state index < -0.39 is 0 Å². The summed E-state index contributed by atoms with van der Waals surface area (Å²) in [6.45, 7) is 9.96. The number of likely N-dealkylation sites (tertiary alicyclic amines) is 1. The number of hydrogen-bond acceptors (Lipinski definition) is 2. The van der Waals surface area contributed by atoms with Gasteiger partial charge in [0.1, 0.15) is 6.10 Å². The van der Waals surface area contributed by atoms with Gasteiger partial charge < -0.3 is 9.64 Å². The van der Waals surface area contributed by atoms with Crippen molar-refractivity contribution >= 4 is 5.97 Å². The van der Waals surface area contributed by atoms with Crippen LogP contribution in [-0.4, -0.2) is 31.7 Å². The summed E-state index contributed by atoms with van der Waals surface area (Å²) in [4.78, 5) is 13.8. The molecule has 0 radical (unpaired) electrons. The van der Waals surface area contributed by atoms with Crippen LogP contribution in [0.25, 0.3) is 0 Å². The van der Waals surface area contributed by atoms with Crippen molar-refractivity contribution < 1.29 is 14.4 Å². The van der Waals surface area contributed by atoms with Crippen molar-refractivity contribution in [1.29, 1.82) is 0 Å². The monoisotopic (exact) mass is 294 g/mol. The maximum absolute atomic E-state index is 12.4. The minimum Gasteiger partial charge on any atom is -0.458 e. The Morgan fingerprint density at radius 1 is 1.14 bits per heavy atom. The zero-order valence-corrected chi connectivity index (χ0v) is 14.0. The number of rotatable bonds is 3. The molecule has 0 unspecified atom stereocenters. The van der Waals surface area contributed by atoms with Gasteiger partial charge in [0.25, 0.3) is 0 Å². The maximum atomic E-state index is 12.4. The highest BCUT2D eigenvalue weighted by Gasteiger charge is 2.62. The summed E-state index contributed by atoms with van der Waals surface area (Å²) in [7, 11) is 0. The van der Waals surface area contributed by atoms with Gasteiger partial charge in [0.05, 0.1) is 13.1 Å². The topological polar surface area (TPSA) is 30.7 Å². The third-order valence-corrected chi connectivity index (χ3v) is 7.19. The molecule has 21 heavy (non-hydrogen) atoms. The van der Waals surface area contributed by atoms with E-state index in [1.165, 1.54) is 43.4 Å². The first kappa shape index (κ1) is 15.3. The summed E-state index contributed by atoms with van der Waals surface area (Å²) in [5.41, 5.74) is 0.523. The minimum atomic E-state index is 0.0430. The van der Waals surface area contributed by atoms with Crippen molar-refractivity contribution in [3.8, 4) is 0 Å². The third-order valence-electron chi connectivity index (χ3n) is 7.19. The summed E-state index contributed by atoms with van der Waals surface area (Å²) in [5, 5.41) is 0. The normalized spacial score (nSPS) is 39.2. The first-order valence-corrected chi connectivity index (χ1v) is 8.96. The highest BCUT2D eigenvalue weighted by molar-refractivity contribution is 5.70. The Balaban J connectivity index is 1.56. The Labute approximate surface area is 129 Å². The van der Waals surface area contributed by atoms with Crippen molar-refractivity contribution in [2.24, 2.45) is 16.7 Å². The van der Waals surface area contributed by atoms with Gasteiger partial charge in [0.2, 0.25) is 0 Å². The van der Waals surface area contributed by atoms with Crippen LogP contribution in [0.15, 0.2) is 0 Å². The second-order valence-corrected chi connectivity index (χ2v) is 8.43. The van der Waals surface area contributed by atoms with E-state index in [0.717, 1.165) is 25.4 Å². The van der Waals surface area contributed by atoms with Gasteiger partial charge in [-0.3, -0.25) is 0 Å². The molecule has 0 aromatic heterocycles. The molecule has 0 aromatic rings. The number of quaternary nitrogens is 1. The Bertz CT molecular complexity index is 398. The fourth-order valence-corrected chi connectivity index (χ4v) is 5.12. The summed E-state index contributed by atoms with van der Waals surface area (Å²) in [6, 6.07) is 0. The van der Waals surface area contributed by atoms with E-state index in [1.54, 1.807) is 0 Å². The molecule has 3 aliphatic rings. The Hall–Kier alpha value is -0.570. The Morgan fingerprint density at radius 3 is 2.33 bits per heavy atom. The summed E-state index contributed by atoms with van der Waals surface area (Å²) in [6.07, 6.45) is 8.96. The molecule has 3 rings (SSSR count). The van der Waals surface area contributed by atoms with Gasteiger partial charge in [-0.1, -0.05) is 20.8 Å². The molecule has 3 fully saturated rings. The molecule has 120 valence electrons. The molecule has 3 heteroatoms. The fourth-order valence-electron chi connectivity index (χ4n) is 5.12. The molecular formula is C18H32NO2+. The third kappa shape index (κ3) is 2.62. The lowest BCUT2D eigenvalue weighted by Crippen LogP contribution is -3.12. The van der Waals surface area contributed by atoms with Crippen molar-refractivity contribution in [2.45, 2.75) is 71.8 Å². The zero-order chi connectivity index (χ0) is 15.1. The second-order valence-electron chi connectivity index (χ2n) is 8.43. The largest absolute Gasteiger partial charge is 0.458 e. The maximum Gasteiger partial charge on any atom is 0.362 e. The Kier molecular flexibility index (Phi) is 4.06. The number of esters is 1. The lowest BCUT2D eigenvalue weighted by atomic mass is 9.70. The van der Waals surface area contributed by atoms with Gasteiger partial charge in [-0.2, -0.15) is 0 Å². The number of ether oxygens (including phenoxy) is 1. The number of carbonyl (C=O) groups excluding carboxylic acids is 1. The first-order valence-electron chi connectivity index (χ1n) is 8.96. The van der Waals surface area contributed by atoms with Gasteiger partial charge in [-0.05, 0) is 56.3 Å². The highest BCUT2D eigenvalue weighted by Crippen LogP contribution is 2.66. The molecule has 1 aliphatic heterocycles. The highest BCUT2D eigenvalue weighted by atomic mass is 16.5. The average molecular weight is 294 g/mol. The minimum absolute atomic E-state index is 0.0430. The van der Waals surface area contributed by atoms with Gasteiger partial charge in [0, 0.05) is 5.41 Å². The van der Waals surface area contributed by atoms with Gasteiger partial charge in [0.15, 0.2) is 6.54 Å². The molecule has 2 bridgehead atoms. The molecule has 3 nitrogen and oxygen atoms in total. The van der Waals surface area contributed by atoms with E-state index in [2.05, 4.69) is 20.8 Å². The van der Waals surface area contributed by atoms with E-state index in [4.69, 9.17) is 4.74 Å². The quantitative estimate of drug-likeness (QED) is 0.809. The van der Waals surface area contributed by atoms with E-state index >= 15 is 0 Å². The first-order chi connectivity index (χ1) is 9.93. The lowest BCUT2D eigenvalue weighted by Gasteiger charge is -2.38. The van der Waals surface area contributed by atoms with E-state index in [9.17, 15) is 4.79 Å². The molecule has 3 atom stereocenters. The van der Waals surface area contributed by atoms with Crippen LogP contribution in [-0.2, 0) is 9.53 Å². The molecule has 0 amide bonds. The van der Waals surface area contributed by atoms with Gasteiger partial charge in [-0.15, -0.1) is 0 Å². The van der Waals surface area contributed by atoms with Crippen LogP contribution in [0.4, 0.5) is 0 Å². The number of hydrogen-bond donors (Lipinski definition) is 1. The fraction of sp³-hybridized carbons (Fsp3) is 0.944. The molecule has 1 heterocycles. The summed E-state index contributed by atoms with van der Waals surface area (Å²) < 4.78 is 5.97. The second kappa shape index (κ2) is 5.57. The summed E-state index contributed by atoms with van der Waals surface area (Å²) >= 11 is 0. The molecule has 2 saturated carbocycles. The number of carbonyl (C=O) groups is 1. The van der Waals surface area contributed by atoms with Crippen molar-refractivity contribution in [1.82, 2.24) is 0 Å². The standard InChI is InChI=1S/C18H31NO2/c1-17(2)14-8-9-18(17,3)15(12-14)21-16(20)13-19-10-6-4-5-7-11-19/h14-15H,4-13H2,1-3H3/p+1/t14-,15+,18-/m0/s1. The zero-order valence-electron chi connectivity index (χ0n) is 14.0. The summed E-state index contributed by atoms with van der Waals surface area (Å²) in [5.74, 6) is 0.785. The number of nitrogens with one attached hydrogen (secondary N) is 1. The molecule has 0 spiro atoms. The van der Waals surface area contributed by atoms with Crippen LogP contribution in [0, 0.1) is 16.7 Å². The van der Waals surface area contributed by atoms with Crippen LogP contribution in [0.5, 0.6) is 0 Å². The predicted octanol–water partition coefficient (Wildman–Crippen LogP) is 2.20. The predicted molar refractivity (Wildman–Crippen MR) is 83.1 cm³/mol. The molecular weight excluding hydrogens is 262 g/mol. The van der Waals surface area contributed by atoms with E-state index in [-0.39, 0.29) is 17.5 Å². The Morgan fingerprint density at radius 2 is 1.81 bits per heavy atom. The SMILES string of the molecule is CC1(C)[C@H]2CC[C@@]1(C)[C@H](OC(=O)C[NH+]1CCCCCC1)C2. The van der Waals surface area contributed by atoms with Gasteiger partial charge in [-0.25, -0.2) is 4.79 Å². The van der Waals surface area contributed by atoms with Crippen molar-refractivity contribution in [2.75, 3.05) is 19.6 Å². The molecule has 1 N–H and O–H groups in total. The molecule has 0 aromatic carbocycles.